The van der Waals surface area contributed by atoms with Gasteiger partial charge in [-0.15, -0.1) is 5.26 Å². The van der Waals surface area contributed by atoms with Gasteiger partial charge in [0.2, 0.25) is 0 Å². The van der Waals surface area contributed by atoms with Gasteiger partial charge in [0.15, 0.2) is 0 Å². The van der Waals surface area contributed by atoms with E-state index in [1.165, 1.54) is 5.57 Å². The first-order valence-electron chi connectivity index (χ1n) is 6.32. The highest BCUT2D eigenvalue weighted by molar-refractivity contribution is 5.29. The summed E-state index contributed by atoms with van der Waals surface area (Å²) in [5.41, 5.74) is 3.22. The Morgan fingerprint density at radius 2 is 2.16 bits per heavy atom. The van der Waals surface area contributed by atoms with Gasteiger partial charge in [-0.05, 0) is 26.2 Å². The molecule has 0 radical (unpaired) electrons. The lowest BCUT2D eigenvalue weighted by Gasteiger charge is -2.06. The molecule has 19 heavy (non-hydrogen) atoms. The predicted octanol–water partition coefficient (Wildman–Crippen LogP) is 3.63. The molecule has 0 amide bonds. The highest BCUT2D eigenvalue weighted by Gasteiger charge is 2.04. The van der Waals surface area contributed by atoms with Crippen LogP contribution in [0, 0.1) is 18.4 Å². The topological polar surface area (TPSA) is 45.9 Å². The summed E-state index contributed by atoms with van der Waals surface area (Å²) in [6.07, 6.45) is 15.0. The quantitative estimate of drug-likeness (QED) is 0.769. The van der Waals surface area contributed by atoms with Crippen molar-refractivity contribution in [2.24, 2.45) is 0 Å². The number of allylic oxidation sites excluding steroid dienone is 6. The monoisotopic (exact) mass is 252 g/mol. The van der Waals surface area contributed by atoms with E-state index in [1.54, 1.807) is 12.3 Å². The van der Waals surface area contributed by atoms with Crippen LogP contribution in [0.4, 0.5) is 0 Å². The number of nitrogens with zero attached hydrogens (tertiary/aromatic N) is 2. The lowest BCUT2D eigenvalue weighted by Crippen LogP contribution is -1.96. The van der Waals surface area contributed by atoms with Gasteiger partial charge in [-0.25, -0.2) is 0 Å². The van der Waals surface area contributed by atoms with Crippen molar-refractivity contribution >= 4 is 0 Å². The maximum Gasteiger partial charge on any atom is 0.292 e. The molecule has 0 unspecified atom stereocenters. The van der Waals surface area contributed by atoms with E-state index in [-0.39, 0.29) is 0 Å². The Balaban J connectivity index is 2.03. The van der Waals surface area contributed by atoms with E-state index in [4.69, 9.17) is 10.00 Å². The maximum atomic E-state index is 8.55. The minimum Gasteiger partial charge on any atom is -0.388 e. The largest absolute Gasteiger partial charge is 0.388 e. The van der Waals surface area contributed by atoms with Crippen LogP contribution in [0.2, 0.25) is 0 Å². The van der Waals surface area contributed by atoms with Gasteiger partial charge in [-0.2, -0.15) is 0 Å². The van der Waals surface area contributed by atoms with Crippen molar-refractivity contribution in [1.29, 1.82) is 5.26 Å². The lowest BCUT2D eigenvalue weighted by atomic mass is 10.0. The predicted molar refractivity (Wildman–Crippen MR) is 74.5 cm³/mol. The van der Waals surface area contributed by atoms with Crippen molar-refractivity contribution in [3.05, 3.63) is 59.5 Å². The van der Waals surface area contributed by atoms with E-state index in [0.29, 0.717) is 5.75 Å². The molecule has 1 aromatic heterocycles. The number of aryl methyl sites for hydroxylation is 2. The van der Waals surface area contributed by atoms with Crippen LogP contribution in [0.1, 0.15) is 24.2 Å². The third-order valence-corrected chi connectivity index (χ3v) is 2.92. The van der Waals surface area contributed by atoms with Crippen LogP contribution in [-0.2, 0) is 6.42 Å². The molecule has 1 heterocycles. The van der Waals surface area contributed by atoms with Crippen molar-refractivity contribution in [2.45, 2.75) is 26.2 Å². The molecular weight excluding hydrogens is 236 g/mol. The second-order valence-electron chi connectivity index (χ2n) is 4.47. The SMILES string of the molecule is Cc1cc(OC#N)cc(CCC2=CC=CC=CC2)n1. The van der Waals surface area contributed by atoms with Crippen LogP contribution in [0.15, 0.2) is 48.1 Å². The number of rotatable bonds is 4. The zero-order valence-electron chi connectivity index (χ0n) is 11.0. The molecule has 3 nitrogen and oxygen atoms in total. The molecule has 0 atom stereocenters. The first-order valence-corrected chi connectivity index (χ1v) is 6.32. The number of pyridine rings is 1. The number of nitriles is 1. The van der Waals surface area contributed by atoms with Gasteiger partial charge in [-0.3, -0.25) is 4.98 Å². The normalized spacial score (nSPS) is 13.6. The fourth-order valence-corrected chi connectivity index (χ4v) is 2.04. The van der Waals surface area contributed by atoms with Gasteiger partial charge < -0.3 is 4.74 Å². The minimum absolute atomic E-state index is 0.569. The fourth-order valence-electron chi connectivity index (χ4n) is 2.04. The summed E-state index contributed by atoms with van der Waals surface area (Å²) in [5.74, 6) is 0.569. The van der Waals surface area contributed by atoms with E-state index in [1.807, 2.05) is 19.1 Å². The molecule has 3 heteroatoms. The summed E-state index contributed by atoms with van der Waals surface area (Å²) in [6, 6.07) is 3.60. The first-order chi connectivity index (χ1) is 9.28. The summed E-state index contributed by atoms with van der Waals surface area (Å²) in [4.78, 5) is 4.47. The van der Waals surface area contributed by atoms with E-state index in [0.717, 1.165) is 30.7 Å². The number of hydrogen-bond acceptors (Lipinski definition) is 3. The molecule has 0 fully saturated rings. The summed E-state index contributed by atoms with van der Waals surface area (Å²) in [7, 11) is 0. The van der Waals surface area contributed by atoms with Gasteiger partial charge in [0.1, 0.15) is 5.75 Å². The second kappa shape index (κ2) is 6.55. The van der Waals surface area contributed by atoms with Crippen LogP contribution in [0.25, 0.3) is 0 Å². The van der Waals surface area contributed by atoms with Crippen LogP contribution in [0.3, 0.4) is 0 Å². The number of hydrogen-bond donors (Lipinski definition) is 0. The van der Waals surface area contributed by atoms with Crippen molar-refractivity contribution in [3.63, 3.8) is 0 Å². The second-order valence-corrected chi connectivity index (χ2v) is 4.47. The Labute approximate surface area is 113 Å². The molecule has 0 saturated carbocycles. The molecule has 0 aromatic carbocycles. The molecule has 1 aliphatic rings. The average molecular weight is 252 g/mol. The van der Waals surface area contributed by atoms with Crippen molar-refractivity contribution < 1.29 is 4.74 Å². The molecule has 0 N–H and O–H groups in total. The molecule has 0 bridgehead atoms. The van der Waals surface area contributed by atoms with E-state index >= 15 is 0 Å². The number of aromatic nitrogens is 1. The van der Waals surface area contributed by atoms with Gasteiger partial charge >= 0.3 is 0 Å². The number of ether oxygens (including phenoxy) is 1. The summed E-state index contributed by atoms with van der Waals surface area (Å²) in [6.45, 7) is 1.91. The van der Waals surface area contributed by atoms with Crippen molar-refractivity contribution in [3.8, 4) is 12.0 Å². The Bertz CT molecular complexity index is 577. The highest BCUT2D eigenvalue weighted by Crippen LogP contribution is 2.18. The molecule has 1 aromatic rings. The van der Waals surface area contributed by atoms with Crippen molar-refractivity contribution in [1.82, 2.24) is 4.98 Å². The standard InChI is InChI=1S/C16H16N2O/c1-13-10-16(19-12-17)11-15(18-13)9-8-14-6-4-2-3-5-7-14/h2-6,10-11H,7-9H2,1H3. The van der Waals surface area contributed by atoms with Crippen molar-refractivity contribution in [2.75, 3.05) is 0 Å². The van der Waals surface area contributed by atoms with Crippen LogP contribution < -0.4 is 4.74 Å². The Kier molecular flexibility index (Phi) is 4.52. The molecule has 2 rings (SSSR count). The van der Waals surface area contributed by atoms with Crippen LogP contribution >= 0.6 is 0 Å². The molecule has 0 spiro atoms. The fraction of sp³-hybridized carbons (Fsp3) is 0.250. The average Bonchev–Trinajstić information content (AvgIpc) is 2.64. The Hall–Kier alpha value is -2.34. The Morgan fingerprint density at radius 3 is 3.00 bits per heavy atom. The zero-order valence-corrected chi connectivity index (χ0v) is 11.0. The summed E-state index contributed by atoms with van der Waals surface area (Å²) >= 11 is 0. The maximum absolute atomic E-state index is 8.55. The van der Waals surface area contributed by atoms with Crippen LogP contribution in [-0.4, -0.2) is 4.98 Å². The molecule has 0 saturated heterocycles. The Morgan fingerprint density at radius 1 is 1.26 bits per heavy atom. The van der Waals surface area contributed by atoms with Gasteiger partial charge in [0, 0.05) is 23.5 Å². The molecular formula is C16H16N2O. The van der Waals surface area contributed by atoms with E-state index in [9.17, 15) is 0 Å². The van der Waals surface area contributed by atoms with Gasteiger partial charge in [-0.1, -0.05) is 36.0 Å². The molecule has 0 aliphatic heterocycles. The summed E-state index contributed by atoms with van der Waals surface area (Å²) < 4.78 is 4.87. The molecule has 96 valence electrons. The van der Waals surface area contributed by atoms with Gasteiger partial charge in [0.05, 0.1) is 0 Å². The third kappa shape index (κ3) is 4.11. The minimum atomic E-state index is 0.569. The molecule has 1 aliphatic carbocycles. The summed E-state index contributed by atoms with van der Waals surface area (Å²) in [5, 5.41) is 8.55. The van der Waals surface area contributed by atoms with E-state index in [2.05, 4.69) is 29.3 Å². The lowest BCUT2D eigenvalue weighted by molar-refractivity contribution is 0.504. The zero-order chi connectivity index (χ0) is 13.5. The van der Waals surface area contributed by atoms with Crippen LogP contribution in [0.5, 0.6) is 5.75 Å². The van der Waals surface area contributed by atoms with Gasteiger partial charge in [0.25, 0.3) is 6.26 Å². The smallest absolute Gasteiger partial charge is 0.292 e. The third-order valence-electron chi connectivity index (χ3n) is 2.92. The first kappa shape index (κ1) is 13.1. The highest BCUT2D eigenvalue weighted by atomic mass is 16.5. The van der Waals surface area contributed by atoms with E-state index < -0.39 is 0 Å².